The zero-order chi connectivity index (χ0) is 12.6. The lowest BCUT2D eigenvalue weighted by atomic mass is 9.85. The van der Waals surface area contributed by atoms with Crippen LogP contribution in [-0.4, -0.2) is 26.3 Å². The zero-order valence-electron chi connectivity index (χ0n) is 11.4. The molecule has 1 aromatic rings. The summed E-state index contributed by atoms with van der Waals surface area (Å²) in [4.78, 5) is 1.55. The Balaban J connectivity index is 1.59. The van der Waals surface area contributed by atoms with E-state index >= 15 is 0 Å². The summed E-state index contributed by atoms with van der Waals surface area (Å²) < 4.78 is 5.93. The van der Waals surface area contributed by atoms with Gasteiger partial charge in [0.25, 0.3) is 0 Å². The highest BCUT2D eigenvalue weighted by Gasteiger charge is 2.21. The molecule has 2 rings (SSSR count). The molecular formula is C15H25NOS. The van der Waals surface area contributed by atoms with E-state index in [1.807, 2.05) is 18.4 Å². The highest BCUT2D eigenvalue weighted by atomic mass is 32.1. The van der Waals surface area contributed by atoms with E-state index in [1.54, 1.807) is 4.88 Å². The van der Waals surface area contributed by atoms with Crippen molar-refractivity contribution in [3.05, 3.63) is 22.4 Å². The summed E-state index contributed by atoms with van der Waals surface area (Å²) in [6, 6.07) is 4.43. The second kappa shape index (κ2) is 7.93. The third kappa shape index (κ3) is 4.71. The molecule has 0 bridgehead atoms. The van der Waals surface area contributed by atoms with Crippen molar-refractivity contribution >= 4 is 11.3 Å². The van der Waals surface area contributed by atoms with Crippen LogP contribution in [0.15, 0.2) is 17.5 Å². The van der Waals surface area contributed by atoms with E-state index < -0.39 is 0 Å². The Hall–Kier alpha value is -0.380. The number of rotatable bonds is 7. The molecule has 0 unspecified atom stereocenters. The van der Waals surface area contributed by atoms with Gasteiger partial charge >= 0.3 is 0 Å². The molecule has 1 aliphatic rings. The van der Waals surface area contributed by atoms with Crippen molar-refractivity contribution in [1.29, 1.82) is 0 Å². The first-order valence-electron chi connectivity index (χ1n) is 7.17. The van der Waals surface area contributed by atoms with E-state index in [9.17, 15) is 0 Å². The Morgan fingerprint density at radius 1 is 1.33 bits per heavy atom. The van der Waals surface area contributed by atoms with Crippen LogP contribution in [0.1, 0.15) is 37.0 Å². The van der Waals surface area contributed by atoms with E-state index in [-0.39, 0.29) is 0 Å². The minimum atomic E-state index is 0.529. The molecule has 18 heavy (non-hydrogen) atoms. The molecule has 1 aliphatic carbocycles. The first kappa shape index (κ1) is 14.0. The van der Waals surface area contributed by atoms with Crippen molar-refractivity contribution in [2.75, 3.05) is 20.2 Å². The van der Waals surface area contributed by atoms with Gasteiger partial charge in [0, 0.05) is 11.5 Å². The molecule has 0 atom stereocenters. The van der Waals surface area contributed by atoms with E-state index in [0.29, 0.717) is 6.10 Å². The molecule has 1 fully saturated rings. The van der Waals surface area contributed by atoms with Crippen molar-refractivity contribution in [1.82, 2.24) is 5.32 Å². The lowest BCUT2D eigenvalue weighted by molar-refractivity contribution is 0.0173. The molecule has 1 N–H and O–H groups in total. The number of hydrogen-bond donors (Lipinski definition) is 1. The topological polar surface area (TPSA) is 21.3 Å². The van der Waals surface area contributed by atoms with Crippen LogP contribution in [0.25, 0.3) is 0 Å². The number of nitrogens with one attached hydrogen (secondary N) is 1. The van der Waals surface area contributed by atoms with E-state index in [2.05, 4.69) is 22.8 Å². The Morgan fingerprint density at radius 3 is 2.83 bits per heavy atom. The predicted octanol–water partition coefficient (Wildman–Crippen LogP) is 3.48. The minimum absolute atomic E-state index is 0.529. The molecule has 0 aliphatic heterocycles. The summed E-state index contributed by atoms with van der Waals surface area (Å²) in [5.74, 6) is 0.890. The van der Waals surface area contributed by atoms with Crippen molar-refractivity contribution in [3.8, 4) is 0 Å². The lowest BCUT2D eigenvalue weighted by Gasteiger charge is -2.28. The second-order valence-electron chi connectivity index (χ2n) is 5.25. The van der Waals surface area contributed by atoms with Gasteiger partial charge in [-0.25, -0.2) is 0 Å². The third-order valence-corrected chi connectivity index (χ3v) is 4.69. The highest BCUT2D eigenvalue weighted by Crippen LogP contribution is 2.29. The van der Waals surface area contributed by atoms with Crippen LogP contribution in [-0.2, 0) is 11.2 Å². The quantitative estimate of drug-likeness (QED) is 0.764. The maximum atomic E-state index is 5.93. The molecule has 1 saturated carbocycles. The van der Waals surface area contributed by atoms with Crippen molar-refractivity contribution in [2.24, 2.45) is 5.92 Å². The fourth-order valence-electron chi connectivity index (χ4n) is 2.71. The zero-order valence-corrected chi connectivity index (χ0v) is 12.2. The average Bonchev–Trinajstić information content (AvgIpc) is 2.89. The smallest absolute Gasteiger partial charge is 0.0575 e. The standard InChI is InChI=1S/C15H25NOS/c1-16-9-3-10-17-14-7-5-13(6-8-14)12-15-4-2-11-18-15/h2,4,11,13-14,16H,3,5-10,12H2,1H3. The molecule has 0 radical (unpaired) electrons. The van der Waals surface area contributed by atoms with Crippen LogP contribution >= 0.6 is 11.3 Å². The van der Waals surface area contributed by atoms with E-state index in [0.717, 1.165) is 25.5 Å². The van der Waals surface area contributed by atoms with Crippen LogP contribution < -0.4 is 5.32 Å². The average molecular weight is 267 g/mol. The van der Waals surface area contributed by atoms with Gasteiger partial charge in [-0.15, -0.1) is 11.3 Å². The first-order chi connectivity index (χ1) is 8.88. The van der Waals surface area contributed by atoms with Gasteiger partial charge in [0.2, 0.25) is 0 Å². The Morgan fingerprint density at radius 2 is 2.17 bits per heavy atom. The fourth-order valence-corrected chi connectivity index (χ4v) is 3.54. The molecular weight excluding hydrogens is 242 g/mol. The predicted molar refractivity (Wildman–Crippen MR) is 78.3 cm³/mol. The highest BCUT2D eigenvalue weighted by molar-refractivity contribution is 7.09. The maximum Gasteiger partial charge on any atom is 0.0575 e. The van der Waals surface area contributed by atoms with Crippen LogP contribution in [0.4, 0.5) is 0 Å². The van der Waals surface area contributed by atoms with Crippen LogP contribution in [0.3, 0.4) is 0 Å². The van der Waals surface area contributed by atoms with Crippen LogP contribution in [0.2, 0.25) is 0 Å². The molecule has 1 aromatic heterocycles. The van der Waals surface area contributed by atoms with Crippen molar-refractivity contribution in [2.45, 2.75) is 44.6 Å². The Bertz CT molecular complexity index is 304. The van der Waals surface area contributed by atoms with Gasteiger partial charge in [0.05, 0.1) is 6.10 Å². The van der Waals surface area contributed by atoms with Gasteiger partial charge in [0.15, 0.2) is 0 Å². The normalized spacial score (nSPS) is 24.3. The van der Waals surface area contributed by atoms with E-state index in [4.69, 9.17) is 4.74 Å². The molecule has 102 valence electrons. The van der Waals surface area contributed by atoms with Crippen molar-refractivity contribution < 1.29 is 4.74 Å². The Labute approximate surface area is 115 Å². The lowest BCUT2D eigenvalue weighted by Crippen LogP contribution is -2.23. The minimum Gasteiger partial charge on any atom is -0.378 e. The molecule has 1 heterocycles. The SMILES string of the molecule is CNCCCOC1CCC(Cc2cccs2)CC1. The molecule has 3 heteroatoms. The van der Waals surface area contributed by atoms with Gasteiger partial charge in [-0.2, -0.15) is 0 Å². The second-order valence-corrected chi connectivity index (χ2v) is 6.29. The summed E-state index contributed by atoms with van der Waals surface area (Å²) in [7, 11) is 2.00. The van der Waals surface area contributed by atoms with Gasteiger partial charge in [-0.3, -0.25) is 0 Å². The van der Waals surface area contributed by atoms with Gasteiger partial charge < -0.3 is 10.1 Å². The monoisotopic (exact) mass is 267 g/mol. The number of ether oxygens (including phenoxy) is 1. The van der Waals surface area contributed by atoms with Gasteiger partial charge in [0.1, 0.15) is 0 Å². The summed E-state index contributed by atoms with van der Waals surface area (Å²) >= 11 is 1.90. The summed E-state index contributed by atoms with van der Waals surface area (Å²) in [6.07, 6.45) is 8.14. The summed E-state index contributed by atoms with van der Waals surface area (Å²) in [5, 5.41) is 5.34. The molecule has 0 saturated heterocycles. The molecule has 2 nitrogen and oxygen atoms in total. The largest absolute Gasteiger partial charge is 0.378 e. The third-order valence-electron chi connectivity index (χ3n) is 3.79. The van der Waals surface area contributed by atoms with Crippen molar-refractivity contribution in [3.63, 3.8) is 0 Å². The van der Waals surface area contributed by atoms with Gasteiger partial charge in [-0.05, 0) is 69.5 Å². The van der Waals surface area contributed by atoms with Crippen LogP contribution in [0.5, 0.6) is 0 Å². The molecule has 0 amide bonds. The molecule has 0 spiro atoms. The van der Waals surface area contributed by atoms with Crippen LogP contribution in [0, 0.1) is 5.92 Å². The number of thiophene rings is 1. The van der Waals surface area contributed by atoms with Gasteiger partial charge in [-0.1, -0.05) is 6.07 Å². The Kier molecular flexibility index (Phi) is 6.18. The molecule has 0 aromatic carbocycles. The fraction of sp³-hybridized carbons (Fsp3) is 0.733. The van der Waals surface area contributed by atoms with E-state index in [1.165, 1.54) is 32.1 Å². The first-order valence-corrected chi connectivity index (χ1v) is 8.05. The number of hydrogen-bond acceptors (Lipinski definition) is 3. The summed E-state index contributed by atoms with van der Waals surface area (Å²) in [5.41, 5.74) is 0. The summed E-state index contributed by atoms with van der Waals surface area (Å²) in [6.45, 7) is 1.98. The maximum absolute atomic E-state index is 5.93.